The molecule has 1 aromatic carbocycles. The van der Waals surface area contributed by atoms with Crippen LogP contribution in [0.15, 0.2) is 12.1 Å². The van der Waals surface area contributed by atoms with Crippen LogP contribution < -0.4 is 10.1 Å². The van der Waals surface area contributed by atoms with Gasteiger partial charge in [0, 0.05) is 24.8 Å². The second-order valence-electron chi connectivity index (χ2n) is 4.36. The summed E-state index contributed by atoms with van der Waals surface area (Å²) in [6.07, 6.45) is 1.57. The predicted octanol–water partition coefficient (Wildman–Crippen LogP) is 2.24. The molecule has 1 aliphatic rings. The Morgan fingerprint density at radius 1 is 1.44 bits per heavy atom. The molecule has 1 fully saturated rings. The normalized spacial score (nSPS) is 19.8. The summed E-state index contributed by atoms with van der Waals surface area (Å²) in [5.41, 5.74) is 0.487. The SMILES string of the molecule is CNCc1cc(F)cc(F)c1OC1CCCOC1. The van der Waals surface area contributed by atoms with Crippen LogP contribution in [-0.4, -0.2) is 26.4 Å². The molecular formula is C13H17F2NO2. The summed E-state index contributed by atoms with van der Waals surface area (Å²) in [6, 6.07) is 2.14. The summed E-state index contributed by atoms with van der Waals surface area (Å²) in [5.74, 6) is -1.13. The lowest BCUT2D eigenvalue weighted by molar-refractivity contribution is 0.00538. The number of hydrogen-bond acceptors (Lipinski definition) is 3. The molecule has 0 amide bonds. The Morgan fingerprint density at radius 2 is 2.28 bits per heavy atom. The summed E-state index contributed by atoms with van der Waals surface area (Å²) in [7, 11) is 1.72. The topological polar surface area (TPSA) is 30.5 Å². The van der Waals surface area contributed by atoms with Gasteiger partial charge in [-0.25, -0.2) is 8.78 Å². The first-order chi connectivity index (χ1) is 8.70. The molecule has 0 spiro atoms. The molecule has 0 bridgehead atoms. The summed E-state index contributed by atoms with van der Waals surface area (Å²) >= 11 is 0. The van der Waals surface area contributed by atoms with Crippen molar-refractivity contribution in [2.24, 2.45) is 0 Å². The third-order valence-corrected chi connectivity index (χ3v) is 2.86. The summed E-state index contributed by atoms with van der Waals surface area (Å²) < 4.78 is 37.8. The largest absolute Gasteiger partial charge is 0.485 e. The Morgan fingerprint density at radius 3 is 2.94 bits per heavy atom. The first kappa shape index (κ1) is 13.2. The fourth-order valence-corrected chi connectivity index (χ4v) is 2.04. The molecule has 1 aromatic rings. The Balaban J connectivity index is 2.18. The van der Waals surface area contributed by atoms with Gasteiger partial charge in [0.15, 0.2) is 11.6 Å². The highest BCUT2D eigenvalue weighted by Gasteiger charge is 2.20. The average Bonchev–Trinajstić information content (AvgIpc) is 2.35. The zero-order valence-electron chi connectivity index (χ0n) is 10.3. The molecule has 0 saturated carbocycles. The van der Waals surface area contributed by atoms with Crippen molar-refractivity contribution in [3.63, 3.8) is 0 Å². The highest BCUT2D eigenvalue weighted by molar-refractivity contribution is 5.35. The van der Waals surface area contributed by atoms with E-state index in [9.17, 15) is 8.78 Å². The van der Waals surface area contributed by atoms with Gasteiger partial charge in [-0.05, 0) is 26.0 Å². The molecule has 0 radical (unpaired) electrons. The zero-order chi connectivity index (χ0) is 13.0. The van der Waals surface area contributed by atoms with Crippen LogP contribution in [0.2, 0.25) is 0 Å². The molecule has 5 heteroatoms. The molecule has 1 atom stereocenters. The van der Waals surface area contributed by atoms with E-state index in [2.05, 4.69) is 5.32 Å². The standard InChI is InChI=1S/C13H17F2NO2/c1-16-7-9-5-10(14)6-12(15)13(9)18-11-3-2-4-17-8-11/h5-6,11,16H,2-4,7-8H2,1H3. The molecule has 1 unspecified atom stereocenters. The Hall–Kier alpha value is -1.20. The van der Waals surface area contributed by atoms with E-state index in [1.165, 1.54) is 6.07 Å². The number of nitrogens with one attached hydrogen (secondary N) is 1. The molecule has 0 aliphatic carbocycles. The summed E-state index contributed by atoms with van der Waals surface area (Å²) in [6.45, 7) is 1.53. The smallest absolute Gasteiger partial charge is 0.168 e. The molecule has 2 rings (SSSR count). The average molecular weight is 257 g/mol. The number of halogens is 2. The molecule has 1 aliphatic heterocycles. The van der Waals surface area contributed by atoms with Gasteiger partial charge in [0.1, 0.15) is 11.9 Å². The quantitative estimate of drug-likeness (QED) is 0.897. The van der Waals surface area contributed by atoms with Crippen molar-refractivity contribution >= 4 is 0 Å². The third kappa shape index (κ3) is 3.17. The van der Waals surface area contributed by atoms with Gasteiger partial charge >= 0.3 is 0 Å². The first-order valence-corrected chi connectivity index (χ1v) is 6.07. The molecule has 3 nitrogen and oxygen atoms in total. The Bertz CT molecular complexity index is 406. The van der Waals surface area contributed by atoms with Gasteiger partial charge in [-0.1, -0.05) is 0 Å². The van der Waals surface area contributed by atoms with E-state index in [0.29, 0.717) is 18.7 Å². The maximum Gasteiger partial charge on any atom is 0.168 e. The van der Waals surface area contributed by atoms with Crippen molar-refractivity contribution in [2.75, 3.05) is 20.3 Å². The van der Waals surface area contributed by atoms with Gasteiger partial charge in [0.05, 0.1) is 6.61 Å². The van der Waals surface area contributed by atoms with Crippen molar-refractivity contribution in [1.82, 2.24) is 5.32 Å². The summed E-state index contributed by atoms with van der Waals surface area (Å²) in [4.78, 5) is 0. The van der Waals surface area contributed by atoms with Crippen molar-refractivity contribution in [3.05, 3.63) is 29.3 Å². The van der Waals surface area contributed by atoms with E-state index in [4.69, 9.17) is 9.47 Å². The van der Waals surface area contributed by atoms with Crippen LogP contribution in [0.3, 0.4) is 0 Å². The lowest BCUT2D eigenvalue weighted by Crippen LogP contribution is -2.29. The second-order valence-corrected chi connectivity index (χ2v) is 4.36. The minimum atomic E-state index is -0.661. The molecule has 1 N–H and O–H groups in total. The molecule has 1 heterocycles. The number of benzene rings is 1. The van der Waals surface area contributed by atoms with Crippen LogP contribution in [-0.2, 0) is 11.3 Å². The van der Waals surface area contributed by atoms with Gasteiger partial charge < -0.3 is 14.8 Å². The Kier molecular flexibility index (Phi) is 4.49. The first-order valence-electron chi connectivity index (χ1n) is 6.07. The van der Waals surface area contributed by atoms with Gasteiger partial charge in [-0.3, -0.25) is 0 Å². The predicted molar refractivity (Wildman–Crippen MR) is 63.6 cm³/mol. The van der Waals surface area contributed by atoms with Crippen LogP contribution in [0.25, 0.3) is 0 Å². The molecule has 100 valence electrons. The molecule has 18 heavy (non-hydrogen) atoms. The fourth-order valence-electron chi connectivity index (χ4n) is 2.04. The summed E-state index contributed by atoms with van der Waals surface area (Å²) in [5, 5.41) is 2.87. The van der Waals surface area contributed by atoms with E-state index >= 15 is 0 Å². The lowest BCUT2D eigenvalue weighted by Gasteiger charge is -2.24. The third-order valence-electron chi connectivity index (χ3n) is 2.86. The van der Waals surface area contributed by atoms with Crippen molar-refractivity contribution in [2.45, 2.75) is 25.5 Å². The van der Waals surface area contributed by atoms with E-state index in [-0.39, 0.29) is 11.9 Å². The maximum atomic E-state index is 13.8. The number of ether oxygens (including phenoxy) is 2. The van der Waals surface area contributed by atoms with Gasteiger partial charge in [0.2, 0.25) is 0 Å². The monoisotopic (exact) mass is 257 g/mol. The number of rotatable bonds is 4. The molecule has 1 saturated heterocycles. The van der Waals surface area contributed by atoms with Crippen molar-refractivity contribution < 1.29 is 18.3 Å². The van der Waals surface area contributed by atoms with Crippen LogP contribution >= 0.6 is 0 Å². The van der Waals surface area contributed by atoms with E-state index in [0.717, 1.165) is 25.5 Å². The Labute approximate surface area is 105 Å². The van der Waals surface area contributed by atoms with E-state index in [1.807, 2.05) is 0 Å². The van der Waals surface area contributed by atoms with Crippen LogP contribution in [0.1, 0.15) is 18.4 Å². The van der Waals surface area contributed by atoms with Crippen molar-refractivity contribution in [3.8, 4) is 5.75 Å². The second kappa shape index (κ2) is 6.11. The van der Waals surface area contributed by atoms with Crippen LogP contribution in [0, 0.1) is 11.6 Å². The van der Waals surface area contributed by atoms with Gasteiger partial charge in [-0.2, -0.15) is 0 Å². The fraction of sp³-hybridized carbons (Fsp3) is 0.538. The minimum Gasteiger partial charge on any atom is -0.485 e. The highest BCUT2D eigenvalue weighted by Crippen LogP contribution is 2.27. The van der Waals surface area contributed by atoms with Crippen molar-refractivity contribution in [1.29, 1.82) is 0 Å². The molecule has 0 aromatic heterocycles. The minimum absolute atomic E-state index is 0.126. The number of hydrogen-bond donors (Lipinski definition) is 1. The van der Waals surface area contributed by atoms with Gasteiger partial charge in [-0.15, -0.1) is 0 Å². The van der Waals surface area contributed by atoms with Crippen LogP contribution in [0.5, 0.6) is 5.75 Å². The zero-order valence-corrected chi connectivity index (χ0v) is 10.3. The van der Waals surface area contributed by atoms with E-state index in [1.54, 1.807) is 7.05 Å². The highest BCUT2D eigenvalue weighted by atomic mass is 19.1. The van der Waals surface area contributed by atoms with Gasteiger partial charge in [0.25, 0.3) is 0 Å². The van der Waals surface area contributed by atoms with E-state index < -0.39 is 11.6 Å². The maximum absolute atomic E-state index is 13.8. The molecular weight excluding hydrogens is 240 g/mol. The van der Waals surface area contributed by atoms with Crippen LogP contribution in [0.4, 0.5) is 8.78 Å². The lowest BCUT2D eigenvalue weighted by atomic mass is 10.1.